The summed E-state index contributed by atoms with van der Waals surface area (Å²) in [5.41, 5.74) is 0. The van der Waals surface area contributed by atoms with Gasteiger partial charge in [-0.3, -0.25) is 0 Å². The van der Waals surface area contributed by atoms with Crippen molar-refractivity contribution < 1.29 is 14.6 Å². The Balaban J connectivity index is 2.48. The summed E-state index contributed by atoms with van der Waals surface area (Å²) in [7, 11) is 3.15. The molecular weight excluding hydrogens is 454 g/mol. The molecule has 0 aromatic rings. The molecule has 35 heavy (non-hydrogen) atoms. The summed E-state index contributed by atoms with van der Waals surface area (Å²) in [5, 5.41) is 13.4. The normalized spacial score (nSPS) is 17.5. The fourth-order valence-corrected chi connectivity index (χ4v) is 2.99. The average molecular weight is 474 g/mol. The van der Waals surface area contributed by atoms with Gasteiger partial charge in [0.05, 0.1) is 18.8 Å². The summed E-state index contributed by atoms with van der Waals surface area (Å²) < 4.78 is 10.5. The molecule has 1 rings (SSSR count). The van der Waals surface area contributed by atoms with Gasteiger partial charge in [-0.1, -0.05) is 18.1 Å². The van der Waals surface area contributed by atoms with E-state index in [1.54, 1.807) is 21.1 Å². The van der Waals surface area contributed by atoms with Gasteiger partial charge in [-0.25, -0.2) is 0 Å². The third kappa shape index (κ3) is 12.9. The molecule has 4 nitrogen and oxygen atoms in total. The Morgan fingerprint density at radius 2 is 1.20 bits per heavy atom. The highest BCUT2D eigenvalue weighted by atomic mass is 32.1. The van der Waals surface area contributed by atoms with E-state index >= 15 is 0 Å². The first-order chi connectivity index (χ1) is 17.1. The lowest BCUT2D eigenvalue weighted by molar-refractivity contribution is -0.0273. The Morgan fingerprint density at radius 3 is 1.60 bits per heavy atom. The predicted octanol–water partition coefficient (Wildman–Crippen LogP) is 0.368. The number of thiocarbonyl (C=S) groups is 1. The maximum Gasteiger partial charge on any atom is 0.152 e. The van der Waals surface area contributed by atoms with Crippen LogP contribution in [0.5, 0.6) is 0 Å². The molecule has 0 spiro atoms. The lowest BCUT2D eigenvalue weighted by atomic mass is 10.1. The second-order valence-corrected chi connectivity index (χ2v) is 6.76. The zero-order chi connectivity index (χ0) is 25.6. The Kier molecular flexibility index (Phi) is 15.3. The predicted molar refractivity (Wildman–Crippen MR) is 140 cm³/mol. The summed E-state index contributed by atoms with van der Waals surface area (Å²) in [4.78, 5) is 0.313. The molecule has 1 aliphatic carbocycles. The minimum Gasteiger partial charge on any atom is -0.390 e. The molecule has 1 fully saturated rings. The summed E-state index contributed by atoms with van der Waals surface area (Å²) in [6.07, 6.45) is -0.364. The molecule has 5 heteroatoms. The van der Waals surface area contributed by atoms with Crippen LogP contribution in [0, 0.1) is 124 Å². The first-order valence-electron chi connectivity index (χ1n) is 10.1. The van der Waals surface area contributed by atoms with Crippen LogP contribution in [0.2, 0.25) is 0 Å². The molecule has 0 heterocycles. The van der Waals surface area contributed by atoms with Crippen LogP contribution in [0.1, 0.15) is 13.3 Å². The van der Waals surface area contributed by atoms with Crippen molar-refractivity contribution in [3.05, 3.63) is 0 Å². The minimum absolute atomic E-state index is 0.0309. The highest BCUT2D eigenvalue weighted by Crippen LogP contribution is 2.28. The quantitative estimate of drug-likeness (QED) is 0.457. The van der Waals surface area contributed by atoms with Crippen molar-refractivity contribution >= 4 is 17.2 Å². The van der Waals surface area contributed by atoms with Crippen molar-refractivity contribution in [2.45, 2.75) is 31.6 Å². The Hall–Kier alpha value is -4.63. The van der Waals surface area contributed by atoms with E-state index in [-0.39, 0.29) is 12.0 Å². The zero-order valence-corrected chi connectivity index (χ0v) is 20.2. The molecule has 0 saturated heterocycles. The van der Waals surface area contributed by atoms with Crippen LogP contribution in [0.15, 0.2) is 0 Å². The molecule has 0 aromatic carbocycles. The van der Waals surface area contributed by atoms with Crippen LogP contribution in [0.25, 0.3) is 0 Å². The molecule has 0 amide bonds. The van der Waals surface area contributed by atoms with Gasteiger partial charge < -0.3 is 19.9 Å². The molecular formula is C30H19NO3S. The van der Waals surface area contributed by atoms with Gasteiger partial charge in [-0.2, -0.15) is 0 Å². The topological polar surface area (TPSA) is 50.7 Å². The molecule has 168 valence electrons. The van der Waals surface area contributed by atoms with E-state index in [0.29, 0.717) is 18.0 Å². The minimum atomic E-state index is -0.633. The third-order valence-electron chi connectivity index (χ3n) is 4.11. The molecule has 2 N–H and O–H groups in total. The maximum atomic E-state index is 10.3. The lowest BCUT2D eigenvalue weighted by Gasteiger charge is -2.21. The van der Waals surface area contributed by atoms with Crippen LogP contribution in [-0.4, -0.2) is 49.2 Å². The second-order valence-electron chi connectivity index (χ2n) is 6.35. The van der Waals surface area contributed by atoms with Gasteiger partial charge >= 0.3 is 0 Å². The van der Waals surface area contributed by atoms with Gasteiger partial charge in [0.2, 0.25) is 0 Å². The van der Waals surface area contributed by atoms with Gasteiger partial charge in [-0.05, 0) is 114 Å². The number of aliphatic hydroxyl groups is 1. The van der Waals surface area contributed by atoms with E-state index in [1.807, 2.05) is 0 Å². The van der Waals surface area contributed by atoms with Crippen molar-refractivity contribution in [1.29, 1.82) is 0 Å². The fourth-order valence-electron chi connectivity index (χ4n) is 2.79. The van der Waals surface area contributed by atoms with Crippen LogP contribution in [0.4, 0.5) is 0 Å². The number of rotatable bonds is 4. The molecule has 0 radical (unpaired) electrons. The maximum absolute atomic E-state index is 10.3. The fraction of sp³-hybridized carbons (Fsp3) is 0.300. The summed E-state index contributed by atoms with van der Waals surface area (Å²) >= 11 is 5.22. The average Bonchev–Trinajstić information content (AvgIpc) is 3.14. The van der Waals surface area contributed by atoms with Crippen LogP contribution >= 0.6 is 12.2 Å². The number of hydrogen-bond donors (Lipinski definition) is 2. The van der Waals surface area contributed by atoms with Gasteiger partial charge in [0.1, 0.15) is 6.10 Å². The molecule has 0 bridgehead atoms. The van der Waals surface area contributed by atoms with E-state index < -0.39 is 12.2 Å². The molecule has 0 aliphatic heterocycles. The van der Waals surface area contributed by atoms with Crippen molar-refractivity contribution in [3.8, 4) is 118 Å². The molecule has 1 unspecified atom stereocenters. The van der Waals surface area contributed by atoms with Crippen molar-refractivity contribution in [1.82, 2.24) is 5.32 Å². The number of methoxy groups -OCH3 is 2. The third-order valence-corrected chi connectivity index (χ3v) is 4.33. The summed E-state index contributed by atoms with van der Waals surface area (Å²) in [6.45, 7) is 2.14. The first-order valence-corrected chi connectivity index (χ1v) is 10.5. The monoisotopic (exact) mass is 473 g/mol. The second kappa shape index (κ2) is 18.9. The van der Waals surface area contributed by atoms with Crippen molar-refractivity contribution in [3.63, 3.8) is 0 Å². The molecule has 4 atom stereocenters. The largest absolute Gasteiger partial charge is 0.390 e. The Bertz CT molecular complexity index is 1420. The number of aliphatic hydroxyl groups excluding tert-OH is 1. The van der Waals surface area contributed by atoms with Crippen molar-refractivity contribution in [2.24, 2.45) is 5.92 Å². The number of hydrogen-bond acceptors (Lipinski definition) is 4. The van der Waals surface area contributed by atoms with Crippen LogP contribution in [0.3, 0.4) is 0 Å². The van der Waals surface area contributed by atoms with Crippen molar-refractivity contribution in [2.75, 3.05) is 20.8 Å². The van der Waals surface area contributed by atoms with Gasteiger partial charge in [0.15, 0.2) is 4.99 Å². The molecule has 0 aromatic heterocycles. The Labute approximate surface area is 213 Å². The highest BCUT2D eigenvalue weighted by molar-refractivity contribution is 7.80. The van der Waals surface area contributed by atoms with E-state index in [0.717, 1.165) is 0 Å². The number of nitrogens with one attached hydrogen (secondary N) is 1. The van der Waals surface area contributed by atoms with Gasteiger partial charge in [0, 0.05) is 32.0 Å². The first kappa shape index (κ1) is 28.4. The standard InChI is InChI=1S/C30H19NO3S/c1-4-5-6-7-8-9-10-11-12-13-14-15-16-17-18-19-20-21-22-23-28(35)31-27-24-26(25-33-2)29(32)30(27)34-3/h26-27,29-30,32H,24-25H2,1-3H3,(H,31,35)/t26-,27-,29?,30-/m1/s1. The van der Waals surface area contributed by atoms with Crippen LogP contribution in [-0.2, 0) is 9.47 Å². The smallest absolute Gasteiger partial charge is 0.152 e. The zero-order valence-electron chi connectivity index (χ0n) is 19.4. The Morgan fingerprint density at radius 1 is 0.771 bits per heavy atom. The van der Waals surface area contributed by atoms with Gasteiger partial charge in [-0.15, -0.1) is 0 Å². The molecule has 1 aliphatic rings. The number of ether oxygens (including phenoxy) is 2. The van der Waals surface area contributed by atoms with Crippen LogP contribution < -0.4 is 5.32 Å². The van der Waals surface area contributed by atoms with E-state index in [9.17, 15) is 5.11 Å². The summed E-state index contributed by atoms with van der Waals surface area (Å²) in [5.74, 6) is 50.9. The van der Waals surface area contributed by atoms with E-state index in [1.165, 1.54) is 0 Å². The summed E-state index contributed by atoms with van der Waals surface area (Å²) in [6, 6.07) is -0.155. The SMILES string of the molecule is CC#CC#CC#CC#CC#CC#CC#CC#CC#CC#CC(=S)N[C@@H]1C[C@H](COC)C(O)[C@@H]1OC. The van der Waals surface area contributed by atoms with Gasteiger partial charge in [0.25, 0.3) is 0 Å². The van der Waals surface area contributed by atoms with E-state index in [4.69, 9.17) is 21.7 Å². The van der Waals surface area contributed by atoms with E-state index in [2.05, 4.69) is 124 Å². The lowest BCUT2D eigenvalue weighted by Crippen LogP contribution is -2.43. The molecule has 1 saturated carbocycles. The highest BCUT2D eigenvalue weighted by Gasteiger charge is 2.42.